The van der Waals surface area contributed by atoms with Crippen molar-refractivity contribution >= 4 is 6.08 Å². The smallest absolute Gasteiger partial charge is 0.0143 e. The van der Waals surface area contributed by atoms with Crippen LogP contribution >= 0.6 is 0 Å². The molecule has 1 aromatic rings. The summed E-state index contributed by atoms with van der Waals surface area (Å²) in [6, 6.07) is 10.4. The summed E-state index contributed by atoms with van der Waals surface area (Å²) in [7, 11) is 0. The van der Waals surface area contributed by atoms with Gasteiger partial charge in [0.15, 0.2) is 0 Å². The Balaban J connectivity index is 2.35. The molecule has 15 heavy (non-hydrogen) atoms. The van der Waals surface area contributed by atoms with Gasteiger partial charge >= 0.3 is 0 Å². The molecule has 0 aromatic heterocycles. The van der Waals surface area contributed by atoms with E-state index in [0.717, 1.165) is 13.0 Å². The zero-order valence-electron chi connectivity index (χ0n) is 9.96. The first-order valence-corrected chi connectivity index (χ1v) is 5.61. The number of benzene rings is 1. The van der Waals surface area contributed by atoms with Crippen LogP contribution in [0.2, 0.25) is 0 Å². The van der Waals surface area contributed by atoms with Crippen LogP contribution in [0.3, 0.4) is 0 Å². The average molecular weight is 203 g/mol. The Kier molecular flexibility index (Phi) is 4.57. The first kappa shape index (κ1) is 12.0. The van der Waals surface area contributed by atoms with E-state index < -0.39 is 0 Å². The largest absolute Gasteiger partial charge is 0.308 e. The molecule has 0 bridgehead atoms. The number of hydrogen-bond acceptors (Lipinski definition) is 1. The lowest BCUT2D eigenvalue weighted by Crippen LogP contribution is -2.38. The van der Waals surface area contributed by atoms with Gasteiger partial charge in [0, 0.05) is 12.1 Å². The molecule has 1 nitrogen and oxygen atoms in total. The van der Waals surface area contributed by atoms with Crippen LogP contribution in [0.25, 0.3) is 6.08 Å². The molecule has 1 rings (SSSR count). The van der Waals surface area contributed by atoms with Crippen LogP contribution in [0.1, 0.15) is 32.8 Å². The molecule has 0 atom stereocenters. The van der Waals surface area contributed by atoms with E-state index in [9.17, 15) is 0 Å². The van der Waals surface area contributed by atoms with Crippen molar-refractivity contribution in [3.8, 4) is 0 Å². The van der Waals surface area contributed by atoms with Gasteiger partial charge in [-0.1, -0.05) is 49.4 Å². The highest BCUT2D eigenvalue weighted by atomic mass is 14.9. The van der Waals surface area contributed by atoms with E-state index in [0.29, 0.717) is 0 Å². The van der Waals surface area contributed by atoms with E-state index in [1.807, 2.05) is 6.07 Å². The minimum Gasteiger partial charge on any atom is -0.308 e. The third-order valence-corrected chi connectivity index (χ3v) is 2.69. The summed E-state index contributed by atoms with van der Waals surface area (Å²) in [5, 5.41) is 3.49. The Labute approximate surface area is 93.2 Å². The van der Waals surface area contributed by atoms with E-state index in [4.69, 9.17) is 0 Å². The lowest BCUT2D eigenvalue weighted by Gasteiger charge is -2.23. The molecule has 82 valence electrons. The summed E-state index contributed by atoms with van der Waals surface area (Å²) in [5.74, 6) is 0. The first-order chi connectivity index (χ1) is 7.14. The maximum absolute atomic E-state index is 3.49. The van der Waals surface area contributed by atoms with Crippen molar-refractivity contribution in [2.24, 2.45) is 0 Å². The van der Waals surface area contributed by atoms with Crippen LogP contribution in [0.15, 0.2) is 36.4 Å². The van der Waals surface area contributed by atoms with Crippen molar-refractivity contribution in [1.82, 2.24) is 5.32 Å². The molecule has 0 radical (unpaired) electrons. The summed E-state index contributed by atoms with van der Waals surface area (Å²) in [5.41, 5.74) is 1.50. The maximum Gasteiger partial charge on any atom is 0.0143 e. The molecule has 1 heteroatoms. The Hall–Kier alpha value is -1.08. The summed E-state index contributed by atoms with van der Waals surface area (Å²) < 4.78 is 0. The zero-order chi connectivity index (χ0) is 11.1. The van der Waals surface area contributed by atoms with Gasteiger partial charge in [-0.15, -0.1) is 0 Å². The van der Waals surface area contributed by atoms with Crippen LogP contribution in [0, 0.1) is 0 Å². The monoisotopic (exact) mass is 203 g/mol. The van der Waals surface area contributed by atoms with Crippen molar-refractivity contribution in [1.29, 1.82) is 0 Å². The normalized spacial score (nSPS) is 12.2. The summed E-state index contributed by atoms with van der Waals surface area (Å²) in [6.07, 6.45) is 5.47. The lowest BCUT2D eigenvalue weighted by molar-refractivity contribution is 0.395. The molecule has 0 heterocycles. The molecule has 0 unspecified atom stereocenters. The molecule has 1 aromatic carbocycles. The average Bonchev–Trinajstić information content (AvgIpc) is 2.26. The van der Waals surface area contributed by atoms with E-state index >= 15 is 0 Å². The molecular weight excluding hydrogens is 182 g/mol. The molecule has 0 amide bonds. The topological polar surface area (TPSA) is 12.0 Å². The Morgan fingerprint density at radius 1 is 1.20 bits per heavy atom. The molecule has 0 spiro atoms. The van der Waals surface area contributed by atoms with E-state index in [1.165, 1.54) is 5.56 Å². The van der Waals surface area contributed by atoms with Crippen molar-refractivity contribution in [3.63, 3.8) is 0 Å². The number of rotatable bonds is 5. The van der Waals surface area contributed by atoms with Gasteiger partial charge in [0.25, 0.3) is 0 Å². The second-order valence-corrected chi connectivity index (χ2v) is 4.43. The van der Waals surface area contributed by atoms with Gasteiger partial charge in [-0.2, -0.15) is 0 Å². The SMILES string of the molecule is CCC(C)(C)NC/C=C/c1ccccc1. The van der Waals surface area contributed by atoms with Crippen molar-refractivity contribution in [2.75, 3.05) is 6.54 Å². The molecule has 1 N–H and O–H groups in total. The lowest BCUT2D eigenvalue weighted by atomic mass is 10.0. The van der Waals surface area contributed by atoms with Crippen LogP contribution in [0.5, 0.6) is 0 Å². The second kappa shape index (κ2) is 5.72. The van der Waals surface area contributed by atoms with Gasteiger partial charge in [-0.25, -0.2) is 0 Å². The van der Waals surface area contributed by atoms with E-state index in [1.54, 1.807) is 0 Å². The number of hydrogen-bond donors (Lipinski definition) is 1. The zero-order valence-corrected chi connectivity index (χ0v) is 9.96. The fourth-order valence-electron chi connectivity index (χ4n) is 1.22. The van der Waals surface area contributed by atoms with Gasteiger partial charge < -0.3 is 5.32 Å². The predicted octanol–water partition coefficient (Wildman–Crippen LogP) is 3.48. The van der Waals surface area contributed by atoms with Gasteiger partial charge in [0.2, 0.25) is 0 Å². The van der Waals surface area contributed by atoms with Crippen LogP contribution in [-0.4, -0.2) is 12.1 Å². The van der Waals surface area contributed by atoms with Gasteiger partial charge in [0.05, 0.1) is 0 Å². The van der Waals surface area contributed by atoms with Crippen molar-refractivity contribution < 1.29 is 0 Å². The van der Waals surface area contributed by atoms with E-state index in [-0.39, 0.29) is 5.54 Å². The molecular formula is C14H21N. The van der Waals surface area contributed by atoms with Crippen LogP contribution in [-0.2, 0) is 0 Å². The third-order valence-electron chi connectivity index (χ3n) is 2.69. The highest BCUT2D eigenvalue weighted by molar-refractivity contribution is 5.48. The minimum absolute atomic E-state index is 0.237. The summed E-state index contributed by atoms with van der Waals surface area (Å²) >= 11 is 0. The van der Waals surface area contributed by atoms with Crippen LogP contribution in [0.4, 0.5) is 0 Å². The molecule has 0 aliphatic rings. The highest BCUT2D eigenvalue weighted by Crippen LogP contribution is 2.06. The fourth-order valence-corrected chi connectivity index (χ4v) is 1.22. The van der Waals surface area contributed by atoms with Gasteiger partial charge in [0.1, 0.15) is 0 Å². The number of nitrogens with one attached hydrogen (secondary N) is 1. The molecule has 0 aliphatic carbocycles. The molecule has 0 aliphatic heterocycles. The first-order valence-electron chi connectivity index (χ1n) is 5.61. The third kappa shape index (κ3) is 4.80. The highest BCUT2D eigenvalue weighted by Gasteiger charge is 2.11. The summed E-state index contributed by atoms with van der Waals surface area (Å²) in [6.45, 7) is 7.58. The Morgan fingerprint density at radius 3 is 2.47 bits per heavy atom. The second-order valence-electron chi connectivity index (χ2n) is 4.43. The Morgan fingerprint density at radius 2 is 1.87 bits per heavy atom. The summed E-state index contributed by atoms with van der Waals surface area (Å²) in [4.78, 5) is 0. The predicted molar refractivity (Wildman–Crippen MR) is 67.8 cm³/mol. The standard InChI is InChI=1S/C14H21N/c1-4-14(2,3)15-12-8-11-13-9-6-5-7-10-13/h5-11,15H,4,12H2,1-3H3/b11-8+. The van der Waals surface area contributed by atoms with Crippen LogP contribution < -0.4 is 5.32 Å². The molecule has 0 saturated carbocycles. The maximum atomic E-state index is 3.49. The Bertz CT molecular complexity index is 298. The quantitative estimate of drug-likeness (QED) is 0.772. The van der Waals surface area contributed by atoms with Gasteiger partial charge in [-0.05, 0) is 25.8 Å². The fraction of sp³-hybridized carbons (Fsp3) is 0.429. The van der Waals surface area contributed by atoms with Crippen molar-refractivity contribution in [2.45, 2.75) is 32.7 Å². The van der Waals surface area contributed by atoms with Gasteiger partial charge in [-0.3, -0.25) is 0 Å². The minimum atomic E-state index is 0.237. The molecule has 0 fully saturated rings. The van der Waals surface area contributed by atoms with Crippen molar-refractivity contribution in [3.05, 3.63) is 42.0 Å². The molecule has 0 saturated heterocycles. The van der Waals surface area contributed by atoms with E-state index in [2.05, 4.69) is 62.5 Å².